The first-order valence-electron chi connectivity index (χ1n) is 8.37. The quantitative estimate of drug-likeness (QED) is 0.253. The average molecular weight is 477 g/mol. The number of nitrogens with zero attached hydrogens (tertiary/aromatic N) is 4. The van der Waals surface area contributed by atoms with Gasteiger partial charge < -0.3 is 15.2 Å². The Balaban J connectivity index is 0.00000312. The molecule has 0 bridgehead atoms. The summed E-state index contributed by atoms with van der Waals surface area (Å²) in [6.45, 7) is 5.51. The Morgan fingerprint density at radius 2 is 1.84 bits per heavy atom. The fourth-order valence-corrected chi connectivity index (χ4v) is 2.38. The molecular formula is C17H26ClIN6. The standard InChI is InChI=1S/C17H25ClN6.HI/c1-2-19-17(20-10-3-4-12-24-13-22-23-14-24)21-11-9-15-5-7-16(18)8-6-15;/h5-8,13-14H,2-4,9-12H2,1H3,(H2,19,20,21);1H. The molecule has 0 fully saturated rings. The van der Waals surface area contributed by atoms with Crippen molar-refractivity contribution in [2.24, 2.45) is 4.99 Å². The van der Waals surface area contributed by atoms with Gasteiger partial charge >= 0.3 is 0 Å². The Bertz CT molecular complexity index is 600. The summed E-state index contributed by atoms with van der Waals surface area (Å²) in [7, 11) is 0. The van der Waals surface area contributed by atoms with Crippen molar-refractivity contribution in [3.63, 3.8) is 0 Å². The lowest BCUT2D eigenvalue weighted by atomic mass is 10.1. The Hall–Kier alpha value is -1.35. The number of nitrogens with one attached hydrogen (secondary N) is 2. The molecule has 138 valence electrons. The molecule has 1 heterocycles. The van der Waals surface area contributed by atoms with Crippen LogP contribution in [0.5, 0.6) is 0 Å². The van der Waals surface area contributed by atoms with Crippen molar-refractivity contribution in [1.29, 1.82) is 0 Å². The number of benzene rings is 1. The van der Waals surface area contributed by atoms with Gasteiger partial charge in [0.15, 0.2) is 5.96 Å². The van der Waals surface area contributed by atoms with Crippen molar-refractivity contribution in [2.45, 2.75) is 32.7 Å². The lowest BCUT2D eigenvalue weighted by Gasteiger charge is -2.11. The van der Waals surface area contributed by atoms with Crippen LogP contribution in [0.4, 0.5) is 0 Å². The van der Waals surface area contributed by atoms with Crippen molar-refractivity contribution in [1.82, 2.24) is 25.4 Å². The summed E-state index contributed by atoms with van der Waals surface area (Å²) in [4.78, 5) is 4.61. The van der Waals surface area contributed by atoms with Crippen molar-refractivity contribution < 1.29 is 0 Å². The van der Waals surface area contributed by atoms with E-state index >= 15 is 0 Å². The lowest BCUT2D eigenvalue weighted by molar-refractivity contribution is 0.611. The van der Waals surface area contributed by atoms with E-state index in [4.69, 9.17) is 11.6 Å². The normalized spacial score (nSPS) is 11.0. The Kier molecular flexibility index (Phi) is 11.2. The van der Waals surface area contributed by atoms with E-state index < -0.39 is 0 Å². The molecule has 0 radical (unpaired) electrons. The van der Waals surface area contributed by atoms with Crippen LogP contribution in [0.2, 0.25) is 5.02 Å². The second-order valence-corrected chi connectivity index (χ2v) is 5.91. The van der Waals surface area contributed by atoms with Crippen LogP contribution < -0.4 is 10.6 Å². The van der Waals surface area contributed by atoms with Gasteiger partial charge in [-0.3, -0.25) is 4.99 Å². The predicted molar refractivity (Wildman–Crippen MR) is 114 cm³/mol. The number of aliphatic imine (C=N–C) groups is 1. The molecular weight excluding hydrogens is 451 g/mol. The number of hydrogen-bond donors (Lipinski definition) is 2. The van der Waals surface area contributed by atoms with Crippen molar-refractivity contribution in [2.75, 3.05) is 19.6 Å². The summed E-state index contributed by atoms with van der Waals surface area (Å²) in [5.74, 6) is 0.871. The largest absolute Gasteiger partial charge is 0.357 e. The zero-order chi connectivity index (χ0) is 17.0. The predicted octanol–water partition coefficient (Wildman–Crippen LogP) is 3.13. The van der Waals surface area contributed by atoms with Gasteiger partial charge in [-0.25, -0.2) is 0 Å². The Morgan fingerprint density at radius 3 is 2.52 bits per heavy atom. The SMILES string of the molecule is CCNC(=NCCCCn1cnnc1)NCCc1ccc(Cl)cc1.I. The highest BCUT2D eigenvalue weighted by molar-refractivity contribution is 14.0. The maximum absolute atomic E-state index is 5.90. The van der Waals surface area contributed by atoms with Crippen LogP contribution in [0.15, 0.2) is 41.9 Å². The monoisotopic (exact) mass is 476 g/mol. The van der Waals surface area contributed by atoms with E-state index in [1.807, 2.05) is 16.7 Å². The molecule has 0 saturated heterocycles. The number of guanidine groups is 1. The highest BCUT2D eigenvalue weighted by Gasteiger charge is 1.98. The number of aromatic nitrogens is 3. The third-order valence-corrected chi connectivity index (χ3v) is 3.78. The minimum absolute atomic E-state index is 0. The maximum atomic E-state index is 5.90. The Labute approximate surface area is 171 Å². The summed E-state index contributed by atoms with van der Waals surface area (Å²) in [5.41, 5.74) is 1.26. The molecule has 1 aromatic carbocycles. The van der Waals surface area contributed by atoms with E-state index in [1.54, 1.807) is 12.7 Å². The summed E-state index contributed by atoms with van der Waals surface area (Å²) >= 11 is 5.90. The van der Waals surface area contributed by atoms with Crippen LogP contribution in [0, 0.1) is 0 Å². The molecule has 0 aliphatic heterocycles. The van der Waals surface area contributed by atoms with Gasteiger partial charge in [-0.2, -0.15) is 0 Å². The smallest absolute Gasteiger partial charge is 0.191 e. The zero-order valence-corrected chi connectivity index (χ0v) is 17.6. The van der Waals surface area contributed by atoms with Crippen LogP contribution in [0.25, 0.3) is 0 Å². The molecule has 0 aliphatic carbocycles. The van der Waals surface area contributed by atoms with Crippen LogP contribution in [0.3, 0.4) is 0 Å². The second-order valence-electron chi connectivity index (χ2n) is 5.47. The molecule has 2 rings (SSSR count). The number of aryl methyl sites for hydroxylation is 1. The van der Waals surface area contributed by atoms with Crippen molar-refractivity contribution in [3.8, 4) is 0 Å². The molecule has 1 aromatic heterocycles. The van der Waals surface area contributed by atoms with E-state index in [1.165, 1.54) is 5.56 Å². The van der Waals surface area contributed by atoms with E-state index in [2.05, 4.69) is 44.9 Å². The molecule has 2 N–H and O–H groups in total. The van der Waals surface area contributed by atoms with Gasteiger partial charge in [-0.15, -0.1) is 34.2 Å². The van der Waals surface area contributed by atoms with Crippen molar-refractivity contribution >= 4 is 41.5 Å². The fraction of sp³-hybridized carbons (Fsp3) is 0.471. The van der Waals surface area contributed by atoms with Gasteiger partial charge in [-0.1, -0.05) is 23.7 Å². The van der Waals surface area contributed by atoms with Gasteiger partial charge in [0.05, 0.1) is 0 Å². The van der Waals surface area contributed by atoms with E-state index in [0.717, 1.165) is 56.4 Å². The van der Waals surface area contributed by atoms with Gasteiger partial charge in [0.2, 0.25) is 0 Å². The summed E-state index contributed by atoms with van der Waals surface area (Å²) in [6.07, 6.45) is 6.52. The first-order chi connectivity index (χ1) is 11.8. The molecule has 8 heteroatoms. The Morgan fingerprint density at radius 1 is 1.12 bits per heavy atom. The minimum atomic E-state index is 0. The molecule has 2 aromatic rings. The van der Waals surface area contributed by atoms with E-state index in [-0.39, 0.29) is 24.0 Å². The number of halogens is 2. The third-order valence-electron chi connectivity index (χ3n) is 3.52. The molecule has 6 nitrogen and oxygen atoms in total. The van der Waals surface area contributed by atoms with Gasteiger partial charge in [0.25, 0.3) is 0 Å². The topological polar surface area (TPSA) is 67.1 Å². The van der Waals surface area contributed by atoms with E-state index in [9.17, 15) is 0 Å². The molecule has 0 aliphatic rings. The zero-order valence-electron chi connectivity index (χ0n) is 14.5. The molecule has 0 spiro atoms. The number of unbranched alkanes of at least 4 members (excludes halogenated alkanes) is 1. The first-order valence-corrected chi connectivity index (χ1v) is 8.74. The molecule has 0 saturated carbocycles. The highest BCUT2D eigenvalue weighted by Crippen LogP contribution is 2.09. The third kappa shape index (κ3) is 9.06. The highest BCUT2D eigenvalue weighted by atomic mass is 127. The van der Waals surface area contributed by atoms with Crippen LogP contribution >= 0.6 is 35.6 Å². The van der Waals surface area contributed by atoms with Gasteiger partial charge in [-0.05, 0) is 43.9 Å². The minimum Gasteiger partial charge on any atom is -0.357 e. The summed E-state index contributed by atoms with van der Waals surface area (Å²) < 4.78 is 1.99. The van der Waals surface area contributed by atoms with Crippen LogP contribution in [-0.2, 0) is 13.0 Å². The van der Waals surface area contributed by atoms with Crippen molar-refractivity contribution in [3.05, 3.63) is 47.5 Å². The second kappa shape index (κ2) is 12.9. The molecule has 25 heavy (non-hydrogen) atoms. The van der Waals surface area contributed by atoms with Crippen LogP contribution in [-0.4, -0.2) is 40.4 Å². The van der Waals surface area contributed by atoms with Crippen LogP contribution in [0.1, 0.15) is 25.3 Å². The average Bonchev–Trinajstić information content (AvgIpc) is 3.10. The maximum Gasteiger partial charge on any atom is 0.191 e. The van der Waals surface area contributed by atoms with Gasteiger partial charge in [0, 0.05) is 31.2 Å². The molecule has 0 unspecified atom stereocenters. The summed E-state index contributed by atoms with van der Waals surface area (Å²) in [6, 6.07) is 7.95. The van der Waals surface area contributed by atoms with E-state index in [0.29, 0.717) is 0 Å². The summed E-state index contributed by atoms with van der Waals surface area (Å²) in [5, 5.41) is 15.0. The lowest BCUT2D eigenvalue weighted by Crippen LogP contribution is -2.38. The molecule has 0 atom stereocenters. The number of hydrogen-bond acceptors (Lipinski definition) is 3. The first kappa shape index (κ1) is 21.7. The number of rotatable bonds is 9. The van der Waals surface area contributed by atoms with Gasteiger partial charge in [0.1, 0.15) is 12.7 Å². The fourth-order valence-electron chi connectivity index (χ4n) is 2.25. The molecule has 0 amide bonds.